The monoisotopic (exact) mass is 227 g/mol. The summed E-state index contributed by atoms with van der Waals surface area (Å²) in [4.78, 5) is 2.08. The Kier molecular flexibility index (Phi) is 3.16. The molecule has 88 valence electrons. The number of hydrogen-bond donors (Lipinski definition) is 1. The molecule has 2 aromatic rings. The van der Waals surface area contributed by atoms with Gasteiger partial charge in [-0.25, -0.2) is 0 Å². The smallest absolute Gasteiger partial charge is 0.0969 e. The highest BCUT2D eigenvalue weighted by Gasteiger charge is 2.04. The Morgan fingerprint density at radius 2 is 1.76 bits per heavy atom. The number of nitrogens with zero attached hydrogens (tertiary/aromatic N) is 1. The fourth-order valence-corrected chi connectivity index (χ4v) is 1.85. The molecule has 0 fully saturated rings. The van der Waals surface area contributed by atoms with Gasteiger partial charge in [0.05, 0.1) is 6.10 Å². The lowest BCUT2D eigenvalue weighted by Crippen LogP contribution is -2.08. The second kappa shape index (κ2) is 4.60. The molecule has 2 nitrogen and oxygen atoms in total. The second-order valence-electron chi connectivity index (χ2n) is 4.37. The largest absolute Gasteiger partial charge is 0.384 e. The van der Waals surface area contributed by atoms with Gasteiger partial charge in [0.25, 0.3) is 0 Å². The van der Waals surface area contributed by atoms with Gasteiger partial charge in [-0.15, -0.1) is 6.58 Å². The van der Waals surface area contributed by atoms with Crippen LogP contribution in [0, 0.1) is 0 Å². The average Bonchev–Trinajstić information content (AvgIpc) is 2.36. The number of aliphatic hydroxyl groups excluding tert-OH is 1. The predicted molar refractivity (Wildman–Crippen MR) is 73.4 cm³/mol. The lowest BCUT2D eigenvalue weighted by atomic mass is 10.0. The molecule has 1 unspecified atom stereocenters. The highest BCUT2D eigenvalue weighted by Crippen LogP contribution is 2.24. The van der Waals surface area contributed by atoms with Gasteiger partial charge >= 0.3 is 0 Å². The molecule has 0 heterocycles. The molecule has 0 spiro atoms. The number of aliphatic hydroxyl groups is 1. The molecule has 2 heteroatoms. The van der Waals surface area contributed by atoms with Crippen LogP contribution in [0.15, 0.2) is 49.1 Å². The third-order valence-electron chi connectivity index (χ3n) is 2.93. The summed E-state index contributed by atoms with van der Waals surface area (Å²) in [5.41, 5.74) is 2.06. The maximum Gasteiger partial charge on any atom is 0.0969 e. The van der Waals surface area contributed by atoms with Crippen molar-refractivity contribution < 1.29 is 5.11 Å². The maximum absolute atomic E-state index is 9.71. The van der Waals surface area contributed by atoms with Gasteiger partial charge in [0.1, 0.15) is 0 Å². The van der Waals surface area contributed by atoms with E-state index in [1.807, 2.05) is 32.3 Å². The first-order valence-corrected chi connectivity index (χ1v) is 5.63. The molecule has 0 aliphatic carbocycles. The van der Waals surface area contributed by atoms with Crippen LogP contribution in [0.4, 0.5) is 5.69 Å². The topological polar surface area (TPSA) is 23.5 Å². The van der Waals surface area contributed by atoms with E-state index >= 15 is 0 Å². The summed E-state index contributed by atoms with van der Waals surface area (Å²) >= 11 is 0. The van der Waals surface area contributed by atoms with E-state index in [0.717, 1.165) is 10.9 Å². The van der Waals surface area contributed by atoms with E-state index in [1.165, 1.54) is 17.1 Å². The molecule has 2 rings (SSSR count). The van der Waals surface area contributed by atoms with Crippen molar-refractivity contribution in [2.45, 2.75) is 6.10 Å². The van der Waals surface area contributed by atoms with Crippen LogP contribution in [0.1, 0.15) is 11.7 Å². The Hall–Kier alpha value is -1.80. The summed E-state index contributed by atoms with van der Waals surface area (Å²) in [6.45, 7) is 3.60. The molecular formula is C15H17NO. The van der Waals surface area contributed by atoms with E-state index < -0.39 is 6.10 Å². The molecule has 0 aliphatic heterocycles. The Morgan fingerprint density at radius 1 is 1.12 bits per heavy atom. The van der Waals surface area contributed by atoms with Gasteiger partial charge in [0, 0.05) is 19.8 Å². The summed E-state index contributed by atoms with van der Waals surface area (Å²) < 4.78 is 0. The maximum atomic E-state index is 9.71. The Labute approximate surface area is 102 Å². The van der Waals surface area contributed by atoms with E-state index in [2.05, 4.69) is 29.7 Å². The minimum Gasteiger partial charge on any atom is -0.384 e. The van der Waals surface area contributed by atoms with Gasteiger partial charge in [-0.3, -0.25) is 0 Å². The van der Waals surface area contributed by atoms with Gasteiger partial charge in [0.15, 0.2) is 0 Å². The summed E-state index contributed by atoms with van der Waals surface area (Å²) in [5.74, 6) is 0. The van der Waals surface area contributed by atoms with Crippen molar-refractivity contribution in [2.24, 2.45) is 0 Å². The van der Waals surface area contributed by atoms with E-state index in [9.17, 15) is 5.11 Å². The molecule has 2 aromatic carbocycles. The second-order valence-corrected chi connectivity index (χ2v) is 4.37. The SMILES string of the molecule is C=CC(O)c1ccc2cc(N(C)C)ccc2c1. The number of hydrogen-bond acceptors (Lipinski definition) is 2. The van der Waals surface area contributed by atoms with Crippen molar-refractivity contribution in [1.82, 2.24) is 0 Å². The minimum absolute atomic E-state index is 0.590. The zero-order chi connectivity index (χ0) is 12.4. The average molecular weight is 227 g/mol. The third-order valence-corrected chi connectivity index (χ3v) is 2.93. The number of benzene rings is 2. The summed E-state index contributed by atoms with van der Waals surface area (Å²) in [6.07, 6.45) is 0.947. The van der Waals surface area contributed by atoms with Crippen LogP contribution in [-0.2, 0) is 0 Å². The van der Waals surface area contributed by atoms with Crippen molar-refractivity contribution >= 4 is 16.5 Å². The normalized spacial score (nSPS) is 12.4. The van der Waals surface area contributed by atoms with Crippen LogP contribution in [0.2, 0.25) is 0 Å². The van der Waals surface area contributed by atoms with E-state index in [4.69, 9.17) is 0 Å². The predicted octanol–water partition coefficient (Wildman–Crippen LogP) is 3.13. The highest BCUT2D eigenvalue weighted by atomic mass is 16.3. The van der Waals surface area contributed by atoms with Gasteiger partial charge < -0.3 is 10.0 Å². The van der Waals surface area contributed by atoms with E-state index in [1.54, 1.807) is 0 Å². The summed E-state index contributed by atoms with van der Waals surface area (Å²) in [6, 6.07) is 12.3. The lowest BCUT2D eigenvalue weighted by Gasteiger charge is -2.14. The molecule has 0 bridgehead atoms. The zero-order valence-corrected chi connectivity index (χ0v) is 10.2. The Bertz CT molecular complexity index is 546. The van der Waals surface area contributed by atoms with Gasteiger partial charge in [-0.2, -0.15) is 0 Å². The van der Waals surface area contributed by atoms with Gasteiger partial charge in [0.2, 0.25) is 0 Å². The quantitative estimate of drug-likeness (QED) is 0.814. The van der Waals surface area contributed by atoms with Crippen LogP contribution >= 0.6 is 0 Å². The summed E-state index contributed by atoms with van der Waals surface area (Å²) in [5, 5.41) is 12.0. The number of rotatable bonds is 3. The molecule has 0 aromatic heterocycles. The zero-order valence-electron chi connectivity index (χ0n) is 10.2. The van der Waals surface area contributed by atoms with E-state index in [0.29, 0.717) is 0 Å². The van der Waals surface area contributed by atoms with Crippen LogP contribution in [0.5, 0.6) is 0 Å². The molecule has 0 radical (unpaired) electrons. The van der Waals surface area contributed by atoms with Gasteiger partial charge in [-0.1, -0.05) is 24.3 Å². The van der Waals surface area contributed by atoms with Crippen molar-refractivity contribution in [3.05, 3.63) is 54.6 Å². The first kappa shape index (κ1) is 11.7. The lowest BCUT2D eigenvalue weighted by molar-refractivity contribution is 0.229. The first-order chi connectivity index (χ1) is 8.11. The Morgan fingerprint density at radius 3 is 2.41 bits per heavy atom. The van der Waals surface area contributed by atoms with Crippen molar-refractivity contribution in [1.29, 1.82) is 0 Å². The molecular weight excluding hydrogens is 210 g/mol. The van der Waals surface area contributed by atoms with Crippen molar-refractivity contribution in [3.8, 4) is 0 Å². The van der Waals surface area contributed by atoms with Crippen LogP contribution in [0.3, 0.4) is 0 Å². The fraction of sp³-hybridized carbons (Fsp3) is 0.200. The van der Waals surface area contributed by atoms with E-state index in [-0.39, 0.29) is 0 Å². The number of fused-ring (bicyclic) bond motifs is 1. The summed E-state index contributed by atoms with van der Waals surface area (Å²) in [7, 11) is 4.05. The molecule has 0 amide bonds. The van der Waals surface area contributed by atoms with Crippen molar-refractivity contribution in [2.75, 3.05) is 19.0 Å². The molecule has 17 heavy (non-hydrogen) atoms. The fourth-order valence-electron chi connectivity index (χ4n) is 1.85. The van der Waals surface area contributed by atoms with Crippen molar-refractivity contribution in [3.63, 3.8) is 0 Å². The third kappa shape index (κ3) is 2.32. The van der Waals surface area contributed by atoms with Gasteiger partial charge in [-0.05, 0) is 34.5 Å². The molecule has 1 N–H and O–H groups in total. The van der Waals surface area contributed by atoms with Crippen LogP contribution < -0.4 is 4.90 Å². The minimum atomic E-state index is -0.590. The van der Waals surface area contributed by atoms with Crippen LogP contribution in [0.25, 0.3) is 10.8 Å². The first-order valence-electron chi connectivity index (χ1n) is 5.63. The molecule has 0 saturated heterocycles. The molecule has 0 saturated carbocycles. The Balaban J connectivity index is 2.50. The highest BCUT2D eigenvalue weighted by molar-refractivity contribution is 5.86. The molecule has 0 aliphatic rings. The number of anilines is 1. The standard InChI is InChI=1S/C15H17NO/c1-4-15(17)13-6-5-12-10-14(16(2)3)8-7-11(12)9-13/h4-10,15,17H,1H2,2-3H3. The van der Waals surface area contributed by atoms with Crippen LogP contribution in [-0.4, -0.2) is 19.2 Å². The molecule has 1 atom stereocenters.